The van der Waals surface area contributed by atoms with Crippen LogP contribution in [0.3, 0.4) is 0 Å². The summed E-state index contributed by atoms with van der Waals surface area (Å²) in [5.74, 6) is 1.07. The minimum absolute atomic E-state index is 0.973. The molecule has 0 saturated heterocycles. The summed E-state index contributed by atoms with van der Waals surface area (Å²) in [5, 5.41) is 0. The van der Waals surface area contributed by atoms with Crippen molar-refractivity contribution in [2.75, 3.05) is 0 Å². The monoisotopic (exact) mass is 556 g/mol. The van der Waals surface area contributed by atoms with E-state index >= 15 is 0 Å². The molecule has 0 aliphatic carbocycles. The van der Waals surface area contributed by atoms with Crippen LogP contribution in [0.25, 0.3) is 0 Å². The van der Waals surface area contributed by atoms with Gasteiger partial charge in [-0.2, -0.15) is 0 Å². The zero-order chi connectivity index (χ0) is 28.8. The minimum atomic E-state index is 0.973. The van der Waals surface area contributed by atoms with Gasteiger partial charge in [-0.25, -0.2) is 9.97 Å². The van der Waals surface area contributed by atoms with Crippen LogP contribution in [-0.4, -0.2) is 9.97 Å². The minimum Gasteiger partial charge on any atom is -0.238 e. The zero-order valence-electron chi connectivity index (χ0n) is 27.6. The van der Waals surface area contributed by atoms with Crippen LogP contribution < -0.4 is 0 Å². The zero-order valence-corrected chi connectivity index (χ0v) is 27.6. The van der Waals surface area contributed by atoms with Gasteiger partial charge in [0.1, 0.15) is 5.82 Å². The maximum Gasteiger partial charge on any atom is 0.128 e. The molecule has 0 fully saturated rings. The molecule has 0 atom stereocenters. The molecule has 1 aromatic rings. The van der Waals surface area contributed by atoms with Gasteiger partial charge in [0.15, 0.2) is 0 Å². The van der Waals surface area contributed by atoms with Crippen LogP contribution >= 0.6 is 0 Å². The Morgan fingerprint density at radius 1 is 0.400 bits per heavy atom. The van der Waals surface area contributed by atoms with Crippen LogP contribution in [-0.2, 0) is 19.3 Å². The first-order valence-corrected chi connectivity index (χ1v) is 18.4. The molecule has 0 bridgehead atoms. The molecule has 2 heteroatoms. The van der Waals surface area contributed by atoms with Crippen molar-refractivity contribution >= 4 is 0 Å². The van der Waals surface area contributed by atoms with E-state index in [0.29, 0.717) is 0 Å². The molecule has 0 unspecified atom stereocenters. The van der Waals surface area contributed by atoms with Gasteiger partial charge in [-0.3, -0.25) is 0 Å². The van der Waals surface area contributed by atoms with Gasteiger partial charge in [-0.05, 0) is 38.2 Å². The standard InChI is InChI=1S/C38H71N2/c1-4-7-10-12-14-16-18-20-22-24-26-28-30-32-36-35-37(40-38(39-36)34-9-6-3)33-31-29-27-25-23-21-19-17-15-13-11-8-5-2/h35H,3-34H2,1-2H3. The number of hydrogen-bond donors (Lipinski definition) is 0. The molecule has 1 aromatic heterocycles. The lowest BCUT2D eigenvalue weighted by molar-refractivity contribution is 0.537. The quantitative estimate of drug-likeness (QED) is 0.0851. The SMILES string of the molecule is [CH2]CCCc1nc(CCCCCCCCCCCCCCC)cc(CCCCCCCCCCCCCCC)n1. The maximum absolute atomic E-state index is 4.94. The van der Waals surface area contributed by atoms with E-state index in [1.54, 1.807) is 0 Å². The van der Waals surface area contributed by atoms with Gasteiger partial charge < -0.3 is 0 Å². The van der Waals surface area contributed by atoms with Crippen molar-refractivity contribution in [2.24, 2.45) is 0 Å². The number of unbranched alkanes of at least 4 members (excludes halogenated alkanes) is 25. The van der Waals surface area contributed by atoms with Gasteiger partial charge in [0.05, 0.1) is 0 Å². The normalized spacial score (nSPS) is 11.5. The van der Waals surface area contributed by atoms with E-state index in [0.717, 1.165) is 37.9 Å². The molecule has 1 rings (SSSR count). The second-order valence-electron chi connectivity index (χ2n) is 12.7. The highest BCUT2D eigenvalue weighted by Gasteiger charge is 2.06. The lowest BCUT2D eigenvalue weighted by Crippen LogP contribution is -2.04. The Morgan fingerprint density at radius 3 is 1.00 bits per heavy atom. The topological polar surface area (TPSA) is 25.8 Å². The molecule has 0 saturated carbocycles. The number of aromatic nitrogens is 2. The Morgan fingerprint density at radius 2 is 0.700 bits per heavy atom. The average molecular weight is 556 g/mol. The van der Waals surface area contributed by atoms with E-state index in [4.69, 9.17) is 9.97 Å². The largest absolute Gasteiger partial charge is 0.238 e. The summed E-state index contributed by atoms with van der Waals surface area (Å²) in [6.45, 7) is 8.62. The molecule has 2 nitrogen and oxygen atoms in total. The number of hydrogen-bond acceptors (Lipinski definition) is 2. The third-order valence-electron chi connectivity index (χ3n) is 8.60. The first-order valence-electron chi connectivity index (χ1n) is 18.4. The molecule has 0 aliphatic heterocycles. The van der Waals surface area contributed by atoms with Gasteiger partial charge in [-0.1, -0.05) is 181 Å². The van der Waals surface area contributed by atoms with Crippen molar-refractivity contribution in [2.45, 2.75) is 213 Å². The van der Waals surface area contributed by atoms with Crippen molar-refractivity contribution in [3.05, 3.63) is 30.2 Å². The number of rotatable bonds is 31. The van der Waals surface area contributed by atoms with Crippen LogP contribution in [0, 0.1) is 6.92 Å². The lowest BCUT2D eigenvalue weighted by Gasteiger charge is -2.09. The fraction of sp³-hybridized carbons (Fsp3) is 0.868. The van der Waals surface area contributed by atoms with E-state index in [1.165, 1.54) is 178 Å². The fourth-order valence-electron chi connectivity index (χ4n) is 5.91. The molecular formula is C38H71N2. The third kappa shape index (κ3) is 23.8. The number of nitrogens with zero attached hydrogens (tertiary/aromatic N) is 2. The second-order valence-corrected chi connectivity index (χ2v) is 12.7. The van der Waals surface area contributed by atoms with Crippen molar-refractivity contribution in [1.29, 1.82) is 0 Å². The molecule has 233 valence electrons. The van der Waals surface area contributed by atoms with Gasteiger partial charge in [0.2, 0.25) is 0 Å². The average Bonchev–Trinajstić information content (AvgIpc) is 2.96. The Hall–Kier alpha value is -0.920. The summed E-state index contributed by atoms with van der Waals surface area (Å²) in [4.78, 5) is 9.88. The van der Waals surface area contributed by atoms with E-state index < -0.39 is 0 Å². The highest BCUT2D eigenvalue weighted by molar-refractivity contribution is 5.12. The van der Waals surface area contributed by atoms with Crippen LogP contribution in [0.15, 0.2) is 6.07 Å². The fourth-order valence-corrected chi connectivity index (χ4v) is 5.91. The third-order valence-corrected chi connectivity index (χ3v) is 8.60. The lowest BCUT2D eigenvalue weighted by atomic mass is 10.0. The molecular weight excluding hydrogens is 484 g/mol. The van der Waals surface area contributed by atoms with Crippen molar-refractivity contribution in [1.82, 2.24) is 9.97 Å². The summed E-state index contributed by atoms with van der Waals surface area (Å²) in [6.07, 6.45) is 42.0. The van der Waals surface area contributed by atoms with E-state index in [2.05, 4.69) is 26.8 Å². The highest BCUT2D eigenvalue weighted by Crippen LogP contribution is 2.16. The second kappa shape index (κ2) is 29.6. The molecule has 1 heterocycles. The van der Waals surface area contributed by atoms with Crippen molar-refractivity contribution in [3.63, 3.8) is 0 Å². The predicted molar refractivity (Wildman–Crippen MR) is 179 cm³/mol. The van der Waals surface area contributed by atoms with Crippen LogP contribution in [0.4, 0.5) is 0 Å². The van der Waals surface area contributed by atoms with Crippen molar-refractivity contribution < 1.29 is 0 Å². The summed E-state index contributed by atoms with van der Waals surface area (Å²) >= 11 is 0. The Labute approximate surface area is 252 Å². The smallest absolute Gasteiger partial charge is 0.128 e. The van der Waals surface area contributed by atoms with Crippen LogP contribution in [0.5, 0.6) is 0 Å². The summed E-state index contributed by atoms with van der Waals surface area (Å²) in [7, 11) is 0. The first kappa shape index (κ1) is 37.1. The van der Waals surface area contributed by atoms with Crippen LogP contribution in [0.1, 0.15) is 211 Å². The predicted octanol–water partition coefficient (Wildman–Crippen LogP) is 12.9. The molecule has 0 aromatic carbocycles. The van der Waals surface area contributed by atoms with Crippen LogP contribution in [0.2, 0.25) is 0 Å². The molecule has 0 spiro atoms. The Kier molecular flexibility index (Phi) is 27.4. The van der Waals surface area contributed by atoms with E-state index in [9.17, 15) is 0 Å². The molecule has 0 aliphatic rings. The Bertz CT molecular complexity index is 592. The van der Waals surface area contributed by atoms with Crippen molar-refractivity contribution in [3.8, 4) is 0 Å². The molecule has 0 N–H and O–H groups in total. The summed E-state index contributed by atoms with van der Waals surface area (Å²) in [6, 6.07) is 2.33. The van der Waals surface area contributed by atoms with Gasteiger partial charge in [0, 0.05) is 17.8 Å². The Balaban J connectivity index is 2.14. The van der Waals surface area contributed by atoms with Gasteiger partial charge >= 0.3 is 0 Å². The first-order chi connectivity index (χ1) is 19.8. The summed E-state index contributed by atoms with van der Waals surface area (Å²) < 4.78 is 0. The number of aryl methyl sites for hydroxylation is 3. The highest BCUT2D eigenvalue weighted by atomic mass is 14.9. The molecule has 40 heavy (non-hydrogen) atoms. The maximum atomic E-state index is 4.94. The van der Waals surface area contributed by atoms with E-state index in [1.807, 2.05) is 0 Å². The van der Waals surface area contributed by atoms with Gasteiger partial charge in [-0.15, -0.1) is 0 Å². The van der Waals surface area contributed by atoms with E-state index in [-0.39, 0.29) is 0 Å². The molecule has 1 radical (unpaired) electrons. The van der Waals surface area contributed by atoms with Gasteiger partial charge in [0.25, 0.3) is 0 Å². The molecule has 0 amide bonds. The summed E-state index contributed by atoms with van der Waals surface area (Å²) in [5.41, 5.74) is 2.59.